The lowest BCUT2D eigenvalue weighted by atomic mass is 10.1. The van der Waals surface area contributed by atoms with Crippen molar-refractivity contribution in [3.63, 3.8) is 0 Å². The van der Waals surface area contributed by atoms with E-state index in [9.17, 15) is 14.4 Å². The Morgan fingerprint density at radius 3 is 0.805 bits per heavy atom. The van der Waals surface area contributed by atoms with Gasteiger partial charge in [-0.25, -0.2) is 0 Å². The van der Waals surface area contributed by atoms with E-state index >= 15 is 0 Å². The number of carbonyl (C=O) groups is 3. The molecule has 0 rings (SSSR count). The summed E-state index contributed by atoms with van der Waals surface area (Å²) in [6.45, 7) is 6.48. The van der Waals surface area contributed by atoms with Crippen LogP contribution in [0.5, 0.6) is 0 Å². The molecule has 82 heavy (non-hydrogen) atoms. The lowest BCUT2D eigenvalue weighted by Gasteiger charge is -2.18. The minimum atomic E-state index is -0.807. The minimum absolute atomic E-state index is 0.0984. The van der Waals surface area contributed by atoms with Crippen molar-refractivity contribution in [2.75, 3.05) is 13.2 Å². The molecule has 0 heterocycles. The van der Waals surface area contributed by atoms with Crippen LogP contribution in [-0.2, 0) is 28.6 Å². The zero-order valence-electron chi connectivity index (χ0n) is 53.5. The molecule has 0 spiro atoms. The van der Waals surface area contributed by atoms with Gasteiger partial charge in [-0.05, 0) is 141 Å². The van der Waals surface area contributed by atoms with Crippen LogP contribution in [0.25, 0.3) is 0 Å². The first-order valence-corrected chi connectivity index (χ1v) is 34.2. The Morgan fingerprint density at radius 1 is 0.256 bits per heavy atom. The van der Waals surface area contributed by atoms with Gasteiger partial charge in [-0.1, -0.05) is 283 Å². The second kappa shape index (κ2) is 69.0. The third-order valence-electron chi connectivity index (χ3n) is 14.4. The van der Waals surface area contributed by atoms with E-state index in [-0.39, 0.29) is 31.1 Å². The van der Waals surface area contributed by atoms with E-state index in [0.717, 1.165) is 109 Å². The third kappa shape index (κ3) is 66.4. The number of hydrogen-bond acceptors (Lipinski definition) is 6. The van der Waals surface area contributed by atoms with Crippen LogP contribution in [0.2, 0.25) is 0 Å². The lowest BCUT2D eigenvalue weighted by Crippen LogP contribution is -2.30. The van der Waals surface area contributed by atoms with Crippen molar-refractivity contribution in [1.29, 1.82) is 0 Å². The molecule has 0 aromatic carbocycles. The predicted molar refractivity (Wildman–Crippen MR) is 357 cm³/mol. The first-order chi connectivity index (χ1) is 40.5. The molecule has 0 aliphatic heterocycles. The summed E-state index contributed by atoms with van der Waals surface area (Å²) in [5, 5.41) is 0. The van der Waals surface area contributed by atoms with Gasteiger partial charge in [0.25, 0.3) is 0 Å². The fraction of sp³-hybridized carbons (Fsp3) is 0.671. The molecular formula is C76H126O6. The molecule has 6 heteroatoms. The number of ether oxygens (including phenoxy) is 3. The second-order valence-electron chi connectivity index (χ2n) is 22.3. The molecule has 0 bridgehead atoms. The molecule has 466 valence electrons. The van der Waals surface area contributed by atoms with Gasteiger partial charge in [0.15, 0.2) is 6.10 Å². The van der Waals surface area contributed by atoms with Crippen molar-refractivity contribution in [3.8, 4) is 0 Å². The van der Waals surface area contributed by atoms with Gasteiger partial charge in [0.2, 0.25) is 0 Å². The third-order valence-corrected chi connectivity index (χ3v) is 14.4. The van der Waals surface area contributed by atoms with E-state index in [1.165, 1.54) is 154 Å². The quantitative estimate of drug-likeness (QED) is 0.0261. The largest absolute Gasteiger partial charge is 0.462 e. The Labute approximate surface area is 506 Å². The Morgan fingerprint density at radius 2 is 0.476 bits per heavy atom. The van der Waals surface area contributed by atoms with Gasteiger partial charge >= 0.3 is 17.9 Å². The van der Waals surface area contributed by atoms with Crippen LogP contribution in [0.4, 0.5) is 0 Å². The Kier molecular flexibility index (Phi) is 65.3. The Bertz CT molecular complexity index is 1730. The highest BCUT2D eigenvalue weighted by atomic mass is 16.6. The number of allylic oxidation sites excluding steroid dienone is 22. The zero-order chi connectivity index (χ0) is 59.2. The van der Waals surface area contributed by atoms with E-state index in [1.54, 1.807) is 0 Å². The van der Waals surface area contributed by atoms with Gasteiger partial charge in [-0.2, -0.15) is 0 Å². The van der Waals surface area contributed by atoms with Gasteiger partial charge in [0.1, 0.15) is 13.2 Å². The van der Waals surface area contributed by atoms with E-state index in [4.69, 9.17) is 14.2 Å². The van der Waals surface area contributed by atoms with Crippen LogP contribution < -0.4 is 0 Å². The van der Waals surface area contributed by atoms with E-state index < -0.39 is 6.10 Å². The van der Waals surface area contributed by atoms with Crippen LogP contribution in [0, 0.1) is 0 Å². The molecule has 0 radical (unpaired) electrons. The van der Waals surface area contributed by atoms with Gasteiger partial charge in [0.05, 0.1) is 0 Å². The van der Waals surface area contributed by atoms with Crippen LogP contribution >= 0.6 is 0 Å². The molecule has 0 saturated carbocycles. The summed E-state index contributed by atoms with van der Waals surface area (Å²) in [6.07, 6.45) is 97.4. The molecule has 0 aliphatic carbocycles. The minimum Gasteiger partial charge on any atom is -0.462 e. The highest BCUT2D eigenvalue weighted by Crippen LogP contribution is 2.15. The first kappa shape index (κ1) is 77.5. The Hall–Kier alpha value is -4.45. The summed E-state index contributed by atoms with van der Waals surface area (Å²) in [4.78, 5) is 38.4. The molecule has 0 fully saturated rings. The molecule has 0 N–H and O–H groups in total. The first-order valence-electron chi connectivity index (χ1n) is 34.2. The summed E-state index contributed by atoms with van der Waals surface area (Å²) >= 11 is 0. The monoisotopic (exact) mass is 1130 g/mol. The topological polar surface area (TPSA) is 78.9 Å². The number of carbonyl (C=O) groups excluding carboxylic acids is 3. The van der Waals surface area contributed by atoms with Crippen molar-refractivity contribution < 1.29 is 28.6 Å². The standard InChI is InChI=1S/C76H126O6/c1-4-7-10-13-16-19-22-25-28-31-34-35-36-37-38-39-40-41-43-45-48-51-54-57-60-63-66-69-75(78)81-72-73(71-80-74(77)68-65-62-59-56-53-50-47-44-33-30-27-24-21-18-15-12-9-6-3)82-76(79)70-67-64-61-58-55-52-49-46-42-32-29-26-23-20-17-14-11-8-5-2/h7,10,16-17,19-20,25-26,28-30,33-35,37-38,40-41,45,48,54,57,73H,4-6,8-9,11-15,18,21-24,27,31-32,36,39,42-44,46-47,49-53,55-56,58-72H2,1-3H3/b10-7-,19-16-,20-17-,28-25-,29-26-,33-30-,35-34-,38-37-,41-40-,48-45-,57-54-. The molecule has 1 atom stereocenters. The normalized spacial score (nSPS) is 13.0. The molecule has 0 saturated heterocycles. The van der Waals surface area contributed by atoms with Crippen LogP contribution in [0.15, 0.2) is 134 Å². The number of rotatable bonds is 61. The maximum absolute atomic E-state index is 12.9. The van der Waals surface area contributed by atoms with Crippen LogP contribution in [0.1, 0.15) is 310 Å². The Balaban J connectivity index is 4.48. The van der Waals surface area contributed by atoms with Crippen molar-refractivity contribution in [2.45, 2.75) is 316 Å². The molecule has 0 aromatic heterocycles. The predicted octanol–water partition coefficient (Wildman–Crippen LogP) is 23.7. The van der Waals surface area contributed by atoms with E-state index in [1.807, 2.05) is 0 Å². The van der Waals surface area contributed by atoms with Crippen molar-refractivity contribution in [2.24, 2.45) is 0 Å². The van der Waals surface area contributed by atoms with Crippen molar-refractivity contribution in [1.82, 2.24) is 0 Å². The van der Waals surface area contributed by atoms with E-state index in [0.29, 0.717) is 25.7 Å². The fourth-order valence-corrected chi connectivity index (χ4v) is 9.25. The maximum Gasteiger partial charge on any atom is 0.306 e. The lowest BCUT2D eigenvalue weighted by molar-refractivity contribution is -0.167. The van der Waals surface area contributed by atoms with Gasteiger partial charge in [-0.3, -0.25) is 14.4 Å². The number of esters is 3. The molecule has 1 unspecified atom stereocenters. The van der Waals surface area contributed by atoms with Gasteiger partial charge < -0.3 is 14.2 Å². The summed E-state index contributed by atoms with van der Waals surface area (Å²) in [6, 6.07) is 0. The average Bonchev–Trinajstić information content (AvgIpc) is 3.47. The summed E-state index contributed by atoms with van der Waals surface area (Å²) in [5.41, 5.74) is 0. The molecular weight excluding hydrogens is 1010 g/mol. The summed E-state index contributed by atoms with van der Waals surface area (Å²) < 4.78 is 16.9. The number of hydrogen-bond donors (Lipinski definition) is 0. The molecule has 6 nitrogen and oxygen atoms in total. The molecule has 0 amide bonds. The SMILES string of the molecule is CC/C=C\C/C=C\C/C=C\C/C=C\C/C=C\C/C=C\C/C=C\C/C=C\CCCCC(=O)OCC(COC(=O)CCCCCCCCC/C=C\CCCCCCCCC)OC(=O)CCCCCCCCCCC/C=C\C/C=C\CCCCC. The summed E-state index contributed by atoms with van der Waals surface area (Å²) in [5.74, 6) is -0.946. The van der Waals surface area contributed by atoms with Crippen molar-refractivity contribution >= 4 is 17.9 Å². The number of unbranched alkanes of at least 4 members (excludes halogenated alkanes) is 28. The summed E-state index contributed by atoms with van der Waals surface area (Å²) in [7, 11) is 0. The highest BCUT2D eigenvalue weighted by Gasteiger charge is 2.19. The molecule has 0 aliphatic rings. The maximum atomic E-state index is 12.9. The van der Waals surface area contributed by atoms with E-state index in [2.05, 4.69) is 154 Å². The van der Waals surface area contributed by atoms with Crippen LogP contribution in [0.3, 0.4) is 0 Å². The smallest absolute Gasteiger partial charge is 0.306 e. The molecule has 0 aromatic rings. The van der Waals surface area contributed by atoms with Gasteiger partial charge in [-0.15, -0.1) is 0 Å². The van der Waals surface area contributed by atoms with Crippen molar-refractivity contribution in [3.05, 3.63) is 134 Å². The fourth-order valence-electron chi connectivity index (χ4n) is 9.25. The van der Waals surface area contributed by atoms with Crippen LogP contribution in [-0.4, -0.2) is 37.2 Å². The van der Waals surface area contributed by atoms with Gasteiger partial charge in [0, 0.05) is 19.3 Å². The average molecular weight is 1140 g/mol. The second-order valence-corrected chi connectivity index (χ2v) is 22.3. The highest BCUT2D eigenvalue weighted by molar-refractivity contribution is 5.71. The zero-order valence-corrected chi connectivity index (χ0v) is 53.5.